The highest BCUT2D eigenvalue weighted by molar-refractivity contribution is 5.95. The molecule has 0 radical (unpaired) electrons. The van der Waals surface area contributed by atoms with E-state index in [-0.39, 0.29) is 17.8 Å². The first-order valence-electron chi connectivity index (χ1n) is 11.0. The summed E-state index contributed by atoms with van der Waals surface area (Å²) in [4.78, 5) is 15.4. The van der Waals surface area contributed by atoms with Crippen molar-refractivity contribution in [2.24, 2.45) is 0 Å². The highest BCUT2D eigenvalue weighted by Crippen LogP contribution is 2.24. The molecule has 0 saturated carbocycles. The minimum atomic E-state index is -0.308. The molecule has 0 aliphatic rings. The molecule has 6 nitrogen and oxygen atoms in total. The fourth-order valence-electron chi connectivity index (χ4n) is 3.96. The SMILES string of the molecule is CCc1c(C(=O)NCC(c2cccc(OC)c2)N(CC)CC)cnn1-c1ccc(F)cc1. The van der Waals surface area contributed by atoms with E-state index in [1.165, 1.54) is 12.1 Å². The predicted molar refractivity (Wildman–Crippen MR) is 124 cm³/mol. The largest absolute Gasteiger partial charge is 0.497 e. The molecule has 3 aromatic rings. The van der Waals surface area contributed by atoms with Crippen LogP contribution >= 0.6 is 0 Å². The maximum Gasteiger partial charge on any atom is 0.254 e. The number of likely N-dealkylation sites (N-methyl/N-ethyl adjacent to an activating group) is 1. The van der Waals surface area contributed by atoms with Crippen LogP contribution in [0.25, 0.3) is 5.69 Å². The molecule has 0 saturated heterocycles. The molecule has 0 bridgehead atoms. The highest BCUT2D eigenvalue weighted by Gasteiger charge is 2.22. The zero-order valence-electron chi connectivity index (χ0n) is 19.1. The van der Waals surface area contributed by atoms with Gasteiger partial charge in [0.05, 0.1) is 36.3 Å². The Morgan fingerprint density at radius 2 is 1.88 bits per heavy atom. The van der Waals surface area contributed by atoms with Crippen molar-refractivity contribution < 1.29 is 13.9 Å². The number of nitrogens with one attached hydrogen (secondary N) is 1. The topological polar surface area (TPSA) is 59.4 Å². The Morgan fingerprint density at radius 3 is 2.50 bits per heavy atom. The fourth-order valence-corrected chi connectivity index (χ4v) is 3.96. The molecule has 1 N–H and O–H groups in total. The van der Waals surface area contributed by atoms with Crippen LogP contribution < -0.4 is 10.1 Å². The van der Waals surface area contributed by atoms with Gasteiger partial charge in [-0.25, -0.2) is 9.07 Å². The third-order valence-corrected chi connectivity index (χ3v) is 5.71. The Labute approximate surface area is 189 Å². The van der Waals surface area contributed by atoms with Gasteiger partial charge < -0.3 is 10.1 Å². The maximum absolute atomic E-state index is 13.3. The third kappa shape index (κ3) is 5.16. The lowest BCUT2D eigenvalue weighted by Crippen LogP contribution is -2.38. The van der Waals surface area contributed by atoms with Crippen LogP contribution in [0.1, 0.15) is 48.4 Å². The number of carbonyl (C=O) groups excluding carboxylic acids is 1. The average molecular weight is 439 g/mol. The van der Waals surface area contributed by atoms with Gasteiger partial charge >= 0.3 is 0 Å². The number of hydrogen-bond donors (Lipinski definition) is 1. The van der Waals surface area contributed by atoms with Crippen LogP contribution in [-0.2, 0) is 6.42 Å². The fraction of sp³-hybridized carbons (Fsp3) is 0.360. The number of halogens is 1. The van der Waals surface area contributed by atoms with Crippen molar-refractivity contribution in [3.63, 3.8) is 0 Å². The van der Waals surface area contributed by atoms with E-state index in [4.69, 9.17) is 4.74 Å². The molecule has 0 aliphatic carbocycles. The summed E-state index contributed by atoms with van der Waals surface area (Å²) in [5.74, 6) is 0.312. The van der Waals surface area contributed by atoms with Crippen molar-refractivity contribution in [2.75, 3.05) is 26.7 Å². The predicted octanol–water partition coefficient (Wildman–Crippen LogP) is 4.40. The number of hydrogen-bond acceptors (Lipinski definition) is 4. The zero-order valence-corrected chi connectivity index (χ0v) is 19.1. The van der Waals surface area contributed by atoms with Gasteiger partial charge in [0.25, 0.3) is 5.91 Å². The second-order valence-electron chi connectivity index (χ2n) is 7.47. The number of carbonyl (C=O) groups is 1. The first kappa shape index (κ1) is 23.5. The molecule has 1 heterocycles. The standard InChI is InChI=1S/C25H31FN4O2/c1-5-23-22(16-28-30(23)20-13-11-19(26)12-14-20)25(31)27-17-24(29(6-2)7-3)18-9-8-10-21(15-18)32-4/h8-16,24H,5-7,17H2,1-4H3,(H,27,31). The molecule has 1 aromatic heterocycles. The molecule has 0 aliphatic heterocycles. The number of amides is 1. The second kappa shape index (κ2) is 10.9. The molecule has 1 unspecified atom stereocenters. The molecule has 170 valence electrons. The molecular weight excluding hydrogens is 407 g/mol. The summed E-state index contributed by atoms with van der Waals surface area (Å²) < 4.78 is 20.4. The highest BCUT2D eigenvalue weighted by atomic mass is 19.1. The Balaban J connectivity index is 1.82. The van der Waals surface area contributed by atoms with Gasteiger partial charge in [-0.15, -0.1) is 0 Å². The number of methoxy groups -OCH3 is 1. The van der Waals surface area contributed by atoms with E-state index < -0.39 is 0 Å². The number of ether oxygens (including phenoxy) is 1. The van der Waals surface area contributed by atoms with Crippen LogP contribution in [0.5, 0.6) is 5.75 Å². The zero-order chi connectivity index (χ0) is 23.1. The molecule has 1 atom stereocenters. The molecule has 2 aromatic carbocycles. The Hall–Kier alpha value is -3.19. The van der Waals surface area contributed by atoms with Crippen LogP contribution in [0.2, 0.25) is 0 Å². The van der Waals surface area contributed by atoms with Gasteiger partial charge in [-0.2, -0.15) is 5.10 Å². The smallest absolute Gasteiger partial charge is 0.254 e. The van der Waals surface area contributed by atoms with Crippen molar-refractivity contribution in [3.8, 4) is 11.4 Å². The minimum absolute atomic E-state index is 0.0151. The summed E-state index contributed by atoms with van der Waals surface area (Å²) in [6.07, 6.45) is 2.20. The van der Waals surface area contributed by atoms with Gasteiger partial charge in [-0.05, 0) is 61.5 Å². The minimum Gasteiger partial charge on any atom is -0.497 e. The van der Waals surface area contributed by atoms with E-state index in [1.807, 2.05) is 25.1 Å². The van der Waals surface area contributed by atoms with Gasteiger partial charge in [0.1, 0.15) is 11.6 Å². The van der Waals surface area contributed by atoms with E-state index in [1.54, 1.807) is 30.1 Å². The first-order chi connectivity index (χ1) is 15.5. The van der Waals surface area contributed by atoms with Crippen molar-refractivity contribution >= 4 is 5.91 Å². The molecule has 7 heteroatoms. The Kier molecular flexibility index (Phi) is 8.00. The Bertz CT molecular complexity index is 1030. The lowest BCUT2D eigenvalue weighted by molar-refractivity contribution is 0.0934. The van der Waals surface area contributed by atoms with E-state index in [9.17, 15) is 9.18 Å². The van der Waals surface area contributed by atoms with E-state index >= 15 is 0 Å². The molecule has 1 amide bonds. The second-order valence-corrected chi connectivity index (χ2v) is 7.47. The van der Waals surface area contributed by atoms with Gasteiger partial charge in [-0.1, -0.05) is 32.9 Å². The van der Waals surface area contributed by atoms with Gasteiger partial charge in [-0.3, -0.25) is 9.69 Å². The lowest BCUT2D eigenvalue weighted by atomic mass is 10.0. The van der Waals surface area contributed by atoms with Crippen LogP contribution in [0.4, 0.5) is 4.39 Å². The summed E-state index contributed by atoms with van der Waals surface area (Å²) >= 11 is 0. The monoisotopic (exact) mass is 438 g/mol. The van der Waals surface area contributed by atoms with E-state index in [0.717, 1.165) is 35.8 Å². The quantitative estimate of drug-likeness (QED) is 0.510. The Morgan fingerprint density at radius 1 is 1.16 bits per heavy atom. The third-order valence-electron chi connectivity index (χ3n) is 5.71. The molecule has 0 fully saturated rings. The van der Waals surface area contributed by atoms with Crippen LogP contribution in [0.3, 0.4) is 0 Å². The van der Waals surface area contributed by atoms with Crippen molar-refractivity contribution in [1.29, 1.82) is 0 Å². The van der Waals surface area contributed by atoms with Crippen LogP contribution in [0.15, 0.2) is 54.7 Å². The molecule has 32 heavy (non-hydrogen) atoms. The number of benzene rings is 2. The summed E-state index contributed by atoms with van der Waals surface area (Å²) in [6.45, 7) is 8.37. The summed E-state index contributed by atoms with van der Waals surface area (Å²) in [5, 5.41) is 7.49. The van der Waals surface area contributed by atoms with E-state index in [0.29, 0.717) is 18.5 Å². The van der Waals surface area contributed by atoms with Crippen molar-refractivity contribution in [1.82, 2.24) is 20.0 Å². The first-order valence-corrected chi connectivity index (χ1v) is 11.0. The van der Waals surface area contributed by atoms with Gasteiger partial charge in [0, 0.05) is 6.54 Å². The van der Waals surface area contributed by atoms with Crippen molar-refractivity contribution in [3.05, 3.63) is 77.4 Å². The van der Waals surface area contributed by atoms with Crippen LogP contribution in [-0.4, -0.2) is 47.3 Å². The lowest BCUT2D eigenvalue weighted by Gasteiger charge is -2.30. The molecular formula is C25H31FN4O2. The molecule has 0 spiro atoms. The van der Waals surface area contributed by atoms with E-state index in [2.05, 4.69) is 35.2 Å². The summed E-state index contributed by atoms with van der Waals surface area (Å²) in [6, 6.07) is 14.1. The molecule has 3 rings (SSSR count). The number of nitrogens with zero attached hydrogens (tertiary/aromatic N) is 3. The summed E-state index contributed by atoms with van der Waals surface area (Å²) in [5.41, 5.74) is 3.13. The average Bonchev–Trinajstić information content (AvgIpc) is 3.26. The normalized spacial score (nSPS) is 12.1. The van der Waals surface area contributed by atoms with Gasteiger partial charge in [0.2, 0.25) is 0 Å². The number of aromatic nitrogens is 2. The maximum atomic E-state index is 13.3. The summed E-state index contributed by atoms with van der Waals surface area (Å²) in [7, 11) is 1.65. The van der Waals surface area contributed by atoms with Crippen LogP contribution in [0, 0.1) is 5.82 Å². The van der Waals surface area contributed by atoms with Crippen molar-refractivity contribution in [2.45, 2.75) is 33.2 Å². The number of rotatable bonds is 10. The van der Waals surface area contributed by atoms with Gasteiger partial charge in [0.15, 0.2) is 0 Å².